The number of nitrogens with zero attached hydrogens (tertiary/aromatic N) is 4. The zero-order chi connectivity index (χ0) is 20.4. The van der Waals surface area contributed by atoms with E-state index in [2.05, 4.69) is 10.1 Å². The van der Waals surface area contributed by atoms with Crippen LogP contribution in [0.3, 0.4) is 0 Å². The van der Waals surface area contributed by atoms with E-state index in [4.69, 9.17) is 4.74 Å². The lowest BCUT2D eigenvalue weighted by Crippen LogP contribution is -2.46. The summed E-state index contributed by atoms with van der Waals surface area (Å²) >= 11 is 0. The number of ether oxygens (including phenoxy) is 1. The van der Waals surface area contributed by atoms with Crippen molar-refractivity contribution in [2.45, 2.75) is 38.8 Å². The van der Waals surface area contributed by atoms with Crippen molar-refractivity contribution in [2.75, 3.05) is 7.05 Å². The number of aryl methyl sites for hydroxylation is 1. The van der Waals surface area contributed by atoms with Gasteiger partial charge in [-0.2, -0.15) is 5.10 Å². The molecule has 1 amide bonds. The van der Waals surface area contributed by atoms with Crippen LogP contribution >= 0.6 is 0 Å². The van der Waals surface area contributed by atoms with Gasteiger partial charge in [-0.25, -0.2) is 14.0 Å². The zero-order valence-corrected chi connectivity index (χ0v) is 15.9. The van der Waals surface area contributed by atoms with Gasteiger partial charge in [0.15, 0.2) is 0 Å². The quantitative estimate of drug-likeness (QED) is 0.858. The minimum absolute atomic E-state index is 0.139. The number of carbonyl (C=O) groups excluding carboxylic acids is 1. The predicted octanol–water partition coefficient (Wildman–Crippen LogP) is 2.48. The molecule has 1 N–H and O–H groups in total. The highest BCUT2D eigenvalue weighted by molar-refractivity contribution is 5.80. The van der Waals surface area contributed by atoms with E-state index in [9.17, 15) is 19.1 Å². The van der Waals surface area contributed by atoms with Gasteiger partial charge in [-0.05, 0) is 32.4 Å². The molecule has 0 bridgehead atoms. The first-order valence-electron chi connectivity index (χ1n) is 8.30. The summed E-state index contributed by atoms with van der Waals surface area (Å²) in [6.07, 6.45) is 3.38. The Balaban J connectivity index is 2.35. The average Bonchev–Trinajstić information content (AvgIpc) is 2.96. The summed E-state index contributed by atoms with van der Waals surface area (Å²) < 4.78 is 20.6. The molecular formula is C18H23FN4O4. The molecular weight excluding hydrogens is 355 g/mol. The van der Waals surface area contributed by atoms with Crippen molar-refractivity contribution < 1.29 is 23.8 Å². The van der Waals surface area contributed by atoms with Crippen LogP contribution < -0.4 is 0 Å². The Hall–Kier alpha value is -2.97. The molecule has 0 radical (unpaired) electrons. The third-order valence-corrected chi connectivity index (χ3v) is 3.76. The number of carboxylic acids is 1. The van der Waals surface area contributed by atoms with E-state index < -0.39 is 29.5 Å². The molecule has 0 fully saturated rings. The molecule has 0 saturated carbocycles. The monoisotopic (exact) mass is 378 g/mol. The summed E-state index contributed by atoms with van der Waals surface area (Å²) in [5.41, 5.74) is 0.617. The molecule has 0 aliphatic heterocycles. The van der Waals surface area contributed by atoms with Crippen LogP contribution in [0.25, 0.3) is 11.3 Å². The van der Waals surface area contributed by atoms with Gasteiger partial charge in [-0.1, -0.05) is 0 Å². The Labute approximate surface area is 156 Å². The van der Waals surface area contributed by atoms with E-state index in [0.29, 0.717) is 16.8 Å². The Morgan fingerprint density at radius 3 is 2.56 bits per heavy atom. The lowest BCUT2D eigenvalue weighted by molar-refractivity contribution is -0.142. The maximum atomic E-state index is 13.8. The molecule has 2 aromatic heterocycles. The van der Waals surface area contributed by atoms with E-state index in [1.165, 1.54) is 13.1 Å². The van der Waals surface area contributed by atoms with Gasteiger partial charge in [0.1, 0.15) is 17.5 Å². The summed E-state index contributed by atoms with van der Waals surface area (Å²) in [5, 5.41) is 13.7. The van der Waals surface area contributed by atoms with Crippen molar-refractivity contribution in [3.8, 4) is 11.3 Å². The second kappa shape index (κ2) is 7.73. The van der Waals surface area contributed by atoms with Gasteiger partial charge in [-0.3, -0.25) is 14.6 Å². The number of likely N-dealkylation sites (N-methyl/N-ethyl adjacent to an activating group) is 1. The van der Waals surface area contributed by atoms with Gasteiger partial charge in [0.05, 0.1) is 18.1 Å². The molecule has 0 spiro atoms. The SMILES string of the molecule is CN(C(=O)OC(C)(C)C)[C@@H](Cc1cc(F)cnc1-c1cnn(C)c1)C(=O)O. The molecule has 0 unspecified atom stereocenters. The Kier molecular flexibility index (Phi) is 5.82. The van der Waals surface area contributed by atoms with Gasteiger partial charge in [-0.15, -0.1) is 0 Å². The molecule has 9 heteroatoms. The lowest BCUT2D eigenvalue weighted by atomic mass is 10.0. The van der Waals surface area contributed by atoms with Crippen molar-refractivity contribution in [1.82, 2.24) is 19.7 Å². The third kappa shape index (κ3) is 5.25. The highest BCUT2D eigenvalue weighted by Crippen LogP contribution is 2.24. The number of halogens is 1. The van der Waals surface area contributed by atoms with Gasteiger partial charge < -0.3 is 9.84 Å². The standard InChI is InChI=1S/C18H23FN4O4/c1-18(2,3)27-17(26)23(5)14(16(24)25)7-11-6-13(19)9-20-15(11)12-8-21-22(4)10-12/h6,8-10,14H,7H2,1-5H3,(H,24,25)/t14-/m0/s1. The summed E-state index contributed by atoms with van der Waals surface area (Å²) in [4.78, 5) is 29.1. The summed E-state index contributed by atoms with van der Waals surface area (Å²) in [6, 6.07) is -0.0346. The number of rotatable bonds is 5. The molecule has 1 atom stereocenters. The summed E-state index contributed by atoms with van der Waals surface area (Å²) in [5.74, 6) is -1.83. The average molecular weight is 378 g/mol. The fraction of sp³-hybridized carbons (Fsp3) is 0.444. The van der Waals surface area contributed by atoms with Crippen molar-refractivity contribution >= 4 is 12.1 Å². The van der Waals surface area contributed by atoms with Crippen LogP contribution in [-0.2, 0) is 23.0 Å². The minimum Gasteiger partial charge on any atom is -0.480 e. The first-order valence-corrected chi connectivity index (χ1v) is 8.30. The van der Waals surface area contributed by atoms with Crippen LogP contribution in [0.2, 0.25) is 0 Å². The van der Waals surface area contributed by atoms with Crippen LogP contribution in [-0.4, -0.2) is 55.5 Å². The summed E-state index contributed by atoms with van der Waals surface area (Å²) in [6.45, 7) is 5.06. The lowest BCUT2D eigenvalue weighted by Gasteiger charge is -2.28. The summed E-state index contributed by atoms with van der Waals surface area (Å²) in [7, 11) is 3.06. The van der Waals surface area contributed by atoms with E-state index in [-0.39, 0.29) is 6.42 Å². The van der Waals surface area contributed by atoms with E-state index in [1.807, 2.05) is 0 Å². The molecule has 8 nitrogen and oxygen atoms in total. The van der Waals surface area contributed by atoms with Gasteiger partial charge >= 0.3 is 12.1 Å². The van der Waals surface area contributed by atoms with Gasteiger partial charge in [0, 0.05) is 32.3 Å². The molecule has 0 aliphatic rings. The fourth-order valence-electron chi connectivity index (χ4n) is 2.50. The zero-order valence-electron chi connectivity index (χ0n) is 15.9. The number of carboxylic acid groups (broad SMARTS) is 1. The van der Waals surface area contributed by atoms with Crippen molar-refractivity contribution in [2.24, 2.45) is 7.05 Å². The number of amides is 1. The van der Waals surface area contributed by atoms with Crippen molar-refractivity contribution in [3.05, 3.63) is 36.0 Å². The second-order valence-electron chi connectivity index (χ2n) is 7.21. The maximum absolute atomic E-state index is 13.8. The Bertz CT molecular complexity index is 844. The molecule has 2 rings (SSSR count). The Morgan fingerprint density at radius 1 is 1.37 bits per heavy atom. The topological polar surface area (TPSA) is 97.6 Å². The van der Waals surface area contributed by atoms with Crippen molar-refractivity contribution in [1.29, 1.82) is 0 Å². The van der Waals surface area contributed by atoms with Crippen molar-refractivity contribution in [3.63, 3.8) is 0 Å². The maximum Gasteiger partial charge on any atom is 0.410 e. The normalized spacial score (nSPS) is 12.5. The molecule has 0 aliphatic carbocycles. The smallest absolute Gasteiger partial charge is 0.410 e. The number of carbonyl (C=O) groups is 2. The number of aromatic nitrogens is 3. The van der Waals surface area contributed by atoms with Crippen LogP contribution in [0.5, 0.6) is 0 Å². The van der Waals surface area contributed by atoms with E-state index >= 15 is 0 Å². The highest BCUT2D eigenvalue weighted by atomic mass is 19.1. The van der Waals surface area contributed by atoms with E-state index in [0.717, 1.165) is 11.1 Å². The van der Waals surface area contributed by atoms with Gasteiger partial charge in [0.25, 0.3) is 0 Å². The molecule has 27 heavy (non-hydrogen) atoms. The van der Waals surface area contributed by atoms with Crippen LogP contribution in [0.4, 0.5) is 9.18 Å². The Morgan fingerprint density at radius 2 is 2.04 bits per heavy atom. The minimum atomic E-state index is -1.25. The largest absolute Gasteiger partial charge is 0.480 e. The number of hydrogen-bond donors (Lipinski definition) is 1. The van der Waals surface area contributed by atoms with Crippen LogP contribution in [0, 0.1) is 5.82 Å². The third-order valence-electron chi connectivity index (χ3n) is 3.76. The van der Waals surface area contributed by atoms with E-state index in [1.54, 1.807) is 44.9 Å². The highest BCUT2D eigenvalue weighted by Gasteiger charge is 2.31. The molecule has 0 aromatic carbocycles. The second-order valence-corrected chi connectivity index (χ2v) is 7.21. The molecule has 0 saturated heterocycles. The number of aliphatic carboxylic acids is 1. The molecule has 146 valence electrons. The van der Waals surface area contributed by atoms with Gasteiger partial charge in [0.2, 0.25) is 0 Å². The molecule has 2 aromatic rings. The first kappa shape index (κ1) is 20.3. The molecule has 2 heterocycles. The first-order chi connectivity index (χ1) is 12.5. The number of pyridine rings is 1. The van der Waals surface area contributed by atoms with Crippen LogP contribution in [0.15, 0.2) is 24.7 Å². The predicted molar refractivity (Wildman–Crippen MR) is 95.5 cm³/mol. The fourth-order valence-corrected chi connectivity index (χ4v) is 2.50. The number of hydrogen-bond acceptors (Lipinski definition) is 5. The van der Waals surface area contributed by atoms with Crippen LogP contribution in [0.1, 0.15) is 26.3 Å².